The molecule has 0 spiro atoms. The highest BCUT2D eigenvalue weighted by molar-refractivity contribution is 6.01. The van der Waals surface area contributed by atoms with Gasteiger partial charge < -0.3 is 15.0 Å². The SMILES string of the molecule is O=C1Oc2cc([N+](=O)[O-])ccc2N[C@@]1(c1ccccc1)c1c[nH]c2ccccc12. The van der Waals surface area contributed by atoms with Crippen LogP contribution >= 0.6 is 0 Å². The summed E-state index contributed by atoms with van der Waals surface area (Å²) < 4.78 is 5.65. The number of aromatic amines is 1. The minimum atomic E-state index is -1.30. The van der Waals surface area contributed by atoms with E-state index in [4.69, 9.17) is 4.74 Å². The third-order valence-corrected chi connectivity index (χ3v) is 5.21. The summed E-state index contributed by atoms with van der Waals surface area (Å²) in [5.41, 5.74) is 1.38. The van der Waals surface area contributed by atoms with Gasteiger partial charge in [0.15, 0.2) is 11.3 Å². The van der Waals surface area contributed by atoms with Gasteiger partial charge in [-0.3, -0.25) is 10.1 Å². The number of carbonyl (C=O) groups excluding carboxylic acids is 1. The largest absolute Gasteiger partial charge is 0.422 e. The number of non-ortho nitro benzene ring substituents is 1. The van der Waals surface area contributed by atoms with E-state index in [2.05, 4.69) is 10.3 Å². The molecule has 29 heavy (non-hydrogen) atoms. The number of rotatable bonds is 3. The number of nitro benzene ring substituents is 1. The van der Waals surface area contributed by atoms with Gasteiger partial charge >= 0.3 is 5.97 Å². The smallest absolute Gasteiger partial charge is 0.346 e. The van der Waals surface area contributed by atoms with Crippen molar-refractivity contribution >= 4 is 28.2 Å². The van der Waals surface area contributed by atoms with E-state index in [9.17, 15) is 14.9 Å². The number of ether oxygens (including phenoxy) is 1. The number of nitro groups is 1. The van der Waals surface area contributed by atoms with E-state index in [0.29, 0.717) is 16.8 Å². The van der Waals surface area contributed by atoms with Gasteiger partial charge in [0.25, 0.3) is 5.69 Å². The number of esters is 1. The molecule has 1 aliphatic heterocycles. The number of fused-ring (bicyclic) bond motifs is 2. The van der Waals surface area contributed by atoms with Crippen molar-refractivity contribution in [3.8, 4) is 5.75 Å². The summed E-state index contributed by atoms with van der Waals surface area (Å²) in [4.78, 5) is 27.2. The first-order valence-electron chi connectivity index (χ1n) is 9.00. The number of nitrogens with one attached hydrogen (secondary N) is 2. The maximum absolute atomic E-state index is 13.4. The Labute approximate surface area is 165 Å². The Kier molecular flexibility index (Phi) is 3.64. The fourth-order valence-electron chi connectivity index (χ4n) is 3.83. The average Bonchev–Trinajstić information content (AvgIpc) is 3.18. The summed E-state index contributed by atoms with van der Waals surface area (Å²) in [6.45, 7) is 0. The summed E-state index contributed by atoms with van der Waals surface area (Å²) >= 11 is 0. The van der Waals surface area contributed by atoms with E-state index in [1.807, 2.05) is 54.6 Å². The predicted octanol–water partition coefficient (Wildman–Crippen LogP) is 4.35. The summed E-state index contributed by atoms with van der Waals surface area (Å²) in [5.74, 6) is -0.419. The summed E-state index contributed by atoms with van der Waals surface area (Å²) in [6, 6.07) is 21.2. The number of hydrogen-bond acceptors (Lipinski definition) is 5. The Bertz CT molecular complexity index is 1270. The zero-order valence-corrected chi connectivity index (χ0v) is 15.1. The van der Waals surface area contributed by atoms with Crippen LogP contribution in [0.1, 0.15) is 11.1 Å². The number of hydrogen-bond donors (Lipinski definition) is 2. The molecule has 1 aromatic heterocycles. The zero-order chi connectivity index (χ0) is 20.0. The van der Waals surface area contributed by atoms with Gasteiger partial charge in [0.1, 0.15) is 0 Å². The topological polar surface area (TPSA) is 97.3 Å². The average molecular weight is 385 g/mol. The molecule has 0 amide bonds. The first-order chi connectivity index (χ1) is 14.1. The monoisotopic (exact) mass is 385 g/mol. The third kappa shape index (κ3) is 2.48. The molecule has 0 unspecified atom stereocenters. The highest BCUT2D eigenvalue weighted by Gasteiger charge is 2.49. The minimum absolute atomic E-state index is 0.135. The van der Waals surface area contributed by atoms with Crippen molar-refractivity contribution in [1.29, 1.82) is 0 Å². The van der Waals surface area contributed by atoms with E-state index >= 15 is 0 Å². The molecule has 0 saturated heterocycles. The molecule has 5 rings (SSSR count). The van der Waals surface area contributed by atoms with Gasteiger partial charge in [-0.2, -0.15) is 0 Å². The van der Waals surface area contributed by atoms with Crippen molar-refractivity contribution in [3.63, 3.8) is 0 Å². The zero-order valence-electron chi connectivity index (χ0n) is 15.1. The van der Waals surface area contributed by atoms with Gasteiger partial charge in [-0.05, 0) is 17.7 Å². The maximum Gasteiger partial charge on any atom is 0.346 e. The number of carbonyl (C=O) groups is 1. The van der Waals surface area contributed by atoms with E-state index in [1.165, 1.54) is 12.1 Å². The van der Waals surface area contributed by atoms with Crippen LogP contribution in [0.5, 0.6) is 5.75 Å². The molecular formula is C22H15N3O4. The van der Waals surface area contributed by atoms with Crippen LogP contribution in [0.3, 0.4) is 0 Å². The van der Waals surface area contributed by atoms with Crippen LogP contribution in [-0.4, -0.2) is 15.9 Å². The van der Waals surface area contributed by atoms with Gasteiger partial charge in [0.05, 0.1) is 16.7 Å². The number of benzene rings is 3. The molecule has 1 aliphatic rings. The second kappa shape index (κ2) is 6.20. The maximum atomic E-state index is 13.4. The highest BCUT2D eigenvalue weighted by atomic mass is 16.6. The Hall–Kier alpha value is -4.13. The molecule has 4 aromatic rings. The molecule has 142 valence electrons. The first-order valence-corrected chi connectivity index (χ1v) is 9.00. The molecule has 0 saturated carbocycles. The van der Waals surface area contributed by atoms with Crippen LogP contribution < -0.4 is 10.1 Å². The lowest BCUT2D eigenvalue weighted by Crippen LogP contribution is -2.49. The molecule has 7 nitrogen and oxygen atoms in total. The van der Waals surface area contributed by atoms with Crippen molar-refractivity contribution in [1.82, 2.24) is 4.98 Å². The third-order valence-electron chi connectivity index (χ3n) is 5.21. The Morgan fingerprint density at radius 2 is 1.72 bits per heavy atom. The molecule has 2 heterocycles. The van der Waals surface area contributed by atoms with Crippen LogP contribution in [-0.2, 0) is 10.3 Å². The van der Waals surface area contributed by atoms with Crippen LogP contribution in [0.25, 0.3) is 10.9 Å². The molecule has 7 heteroatoms. The van der Waals surface area contributed by atoms with Crippen LogP contribution in [0.2, 0.25) is 0 Å². The van der Waals surface area contributed by atoms with Crippen LogP contribution in [0, 0.1) is 10.1 Å². The number of anilines is 1. The minimum Gasteiger partial charge on any atom is -0.422 e. The van der Waals surface area contributed by atoms with Crippen molar-refractivity contribution in [2.24, 2.45) is 0 Å². The summed E-state index contributed by atoms with van der Waals surface area (Å²) in [7, 11) is 0. The molecule has 2 N–H and O–H groups in total. The molecule has 0 radical (unpaired) electrons. The summed E-state index contributed by atoms with van der Waals surface area (Å²) in [5, 5.41) is 15.3. The fraction of sp³-hybridized carbons (Fsp3) is 0.0455. The first kappa shape index (κ1) is 17.0. The fourth-order valence-corrected chi connectivity index (χ4v) is 3.83. The molecule has 0 bridgehead atoms. The van der Waals surface area contributed by atoms with Crippen molar-refractivity contribution in [3.05, 3.63) is 100 Å². The van der Waals surface area contributed by atoms with Crippen molar-refractivity contribution < 1.29 is 14.5 Å². The second-order valence-corrected chi connectivity index (χ2v) is 6.82. The Morgan fingerprint density at radius 1 is 0.966 bits per heavy atom. The van der Waals surface area contributed by atoms with E-state index in [-0.39, 0.29) is 11.4 Å². The van der Waals surface area contributed by atoms with E-state index < -0.39 is 16.4 Å². The lowest BCUT2D eigenvalue weighted by atomic mass is 9.81. The van der Waals surface area contributed by atoms with E-state index in [0.717, 1.165) is 10.9 Å². The molecule has 0 aliphatic carbocycles. The molecular weight excluding hydrogens is 370 g/mol. The number of para-hydroxylation sites is 1. The van der Waals surface area contributed by atoms with Gasteiger partial charge in [-0.1, -0.05) is 48.5 Å². The van der Waals surface area contributed by atoms with Crippen LogP contribution in [0.15, 0.2) is 79.0 Å². The number of aromatic nitrogens is 1. The Balaban J connectivity index is 1.76. The number of nitrogens with zero attached hydrogens (tertiary/aromatic N) is 1. The van der Waals surface area contributed by atoms with Gasteiger partial charge in [0, 0.05) is 28.7 Å². The van der Waals surface area contributed by atoms with E-state index in [1.54, 1.807) is 12.3 Å². The van der Waals surface area contributed by atoms with Crippen molar-refractivity contribution in [2.45, 2.75) is 5.54 Å². The van der Waals surface area contributed by atoms with Crippen molar-refractivity contribution in [2.75, 3.05) is 5.32 Å². The second-order valence-electron chi connectivity index (χ2n) is 6.82. The number of H-pyrrole nitrogens is 1. The standard InChI is InChI=1S/C22H15N3O4/c26-21-22(14-6-2-1-3-7-14,17-13-23-18-9-5-4-8-16(17)18)24-19-11-10-15(25(27)28)12-20(19)29-21/h1-13,23-24H/t22-/m0/s1. The molecule has 0 fully saturated rings. The van der Waals surface area contributed by atoms with Gasteiger partial charge in [-0.25, -0.2) is 4.79 Å². The lowest BCUT2D eigenvalue weighted by Gasteiger charge is -2.37. The Morgan fingerprint density at radius 3 is 2.52 bits per heavy atom. The van der Waals surface area contributed by atoms with Gasteiger partial charge in [0.2, 0.25) is 0 Å². The molecule has 1 atom stereocenters. The lowest BCUT2D eigenvalue weighted by molar-refractivity contribution is -0.384. The highest BCUT2D eigenvalue weighted by Crippen LogP contribution is 2.45. The molecule has 3 aromatic carbocycles. The predicted molar refractivity (Wildman–Crippen MR) is 108 cm³/mol. The van der Waals surface area contributed by atoms with Gasteiger partial charge in [-0.15, -0.1) is 0 Å². The quantitative estimate of drug-likeness (QED) is 0.236. The summed E-state index contributed by atoms with van der Waals surface area (Å²) in [6.07, 6.45) is 1.79. The normalized spacial score (nSPS) is 18.0. The van der Waals surface area contributed by atoms with Crippen LogP contribution in [0.4, 0.5) is 11.4 Å².